The molecular weight excluding hydrogens is 204 g/mol. The van der Waals surface area contributed by atoms with Crippen molar-refractivity contribution in [2.75, 3.05) is 13.1 Å². The van der Waals surface area contributed by atoms with Gasteiger partial charge in [-0.25, -0.2) is 0 Å². The molecule has 2 unspecified atom stereocenters. The van der Waals surface area contributed by atoms with E-state index < -0.39 is 0 Å². The van der Waals surface area contributed by atoms with E-state index in [1.165, 1.54) is 0 Å². The Morgan fingerprint density at radius 3 is 2.62 bits per heavy atom. The molecule has 0 aromatic rings. The van der Waals surface area contributed by atoms with Gasteiger partial charge < -0.3 is 10.4 Å². The number of amides is 1. The highest BCUT2D eigenvalue weighted by Crippen LogP contribution is 2.35. The van der Waals surface area contributed by atoms with Crippen molar-refractivity contribution in [3.05, 3.63) is 0 Å². The largest absolute Gasteiger partial charge is 0.393 e. The van der Waals surface area contributed by atoms with Crippen molar-refractivity contribution in [1.82, 2.24) is 10.2 Å². The van der Waals surface area contributed by atoms with Crippen LogP contribution < -0.4 is 5.32 Å². The van der Waals surface area contributed by atoms with Crippen molar-refractivity contribution in [3.63, 3.8) is 0 Å². The van der Waals surface area contributed by atoms with Gasteiger partial charge in [-0.3, -0.25) is 9.69 Å². The van der Waals surface area contributed by atoms with E-state index in [-0.39, 0.29) is 12.0 Å². The molecule has 2 bridgehead atoms. The predicted molar refractivity (Wildman–Crippen MR) is 60.6 cm³/mol. The molecular formula is C12H18N2O2. The molecule has 4 heteroatoms. The third kappa shape index (κ3) is 2.37. The number of hydrogen-bond acceptors (Lipinski definition) is 3. The van der Waals surface area contributed by atoms with Crippen molar-refractivity contribution in [1.29, 1.82) is 0 Å². The van der Waals surface area contributed by atoms with Crippen LogP contribution in [0.2, 0.25) is 0 Å². The van der Waals surface area contributed by atoms with Gasteiger partial charge in [0.2, 0.25) is 5.91 Å². The zero-order valence-electron chi connectivity index (χ0n) is 9.35. The van der Waals surface area contributed by atoms with Gasteiger partial charge in [0.15, 0.2) is 0 Å². The number of hydrogen-bond donors (Lipinski definition) is 2. The number of rotatable bonds is 3. The molecule has 0 saturated carbocycles. The summed E-state index contributed by atoms with van der Waals surface area (Å²) in [5.41, 5.74) is 0. The lowest BCUT2D eigenvalue weighted by atomic mass is 10.00. The average Bonchev–Trinajstić information content (AvgIpc) is 2.50. The molecule has 2 aliphatic rings. The molecule has 2 atom stereocenters. The Kier molecular flexibility index (Phi) is 3.47. The van der Waals surface area contributed by atoms with Gasteiger partial charge in [0, 0.05) is 12.1 Å². The highest BCUT2D eigenvalue weighted by molar-refractivity contribution is 5.78. The number of nitrogens with zero attached hydrogens (tertiary/aromatic N) is 1. The van der Waals surface area contributed by atoms with E-state index in [9.17, 15) is 9.90 Å². The molecule has 2 rings (SSSR count). The summed E-state index contributed by atoms with van der Waals surface area (Å²) in [6.45, 7) is 0.717. The number of carbonyl (C=O) groups excluding carboxylic acids is 1. The van der Waals surface area contributed by atoms with E-state index >= 15 is 0 Å². The topological polar surface area (TPSA) is 52.6 Å². The van der Waals surface area contributed by atoms with Crippen molar-refractivity contribution in [2.24, 2.45) is 0 Å². The average molecular weight is 222 g/mol. The number of terminal acetylenes is 1. The zero-order chi connectivity index (χ0) is 11.5. The van der Waals surface area contributed by atoms with Crippen LogP contribution in [0.3, 0.4) is 0 Å². The van der Waals surface area contributed by atoms with Crippen LogP contribution in [0.15, 0.2) is 0 Å². The summed E-state index contributed by atoms with van der Waals surface area (Å²) in [6.07, 6.45) is 8.72. The summed E-state index contributed by atoms with van der Waals surface area (Å²) in [5, 5.41) is 12.3. The second-order valence-corrected chi connectivity index (χ2v) is 4.66. The number of carbonyl (C=O) groups is 1. The van der Waals surface area contributed by atoms with Crippen LogP contribution in [0, 0.1) is 12.3 Å². The highest BCUT2D eigenvalue weighted by atomic mass is 16.3. The van der Waals surface area contributed by atoms with Crippen molar-refractivity contribution in [3.8, 4) is 12.3 Å². The molecule has 2 saturated heterocycles. The molecule has 0 radical (unpaired) electrons. The second-order valence-electron chi connectivity index (χ2n) is 4.66. The summed E-state index contributed by atoms with van der Waals surface area (Å²) in [7, 11) is 0. The maximum Gasteiger partial charge on any atom is 0.234 e. The van der Waals surface area contributed by atoms with Crippen LogP contribution in [0.1, 0.15) is 25.7 Å². The molecule has 0 aromatic carbocycles. The molecule has 88 valence electrons. The maximum atomic E-state index is 11.6. The first kappa shape index (κ1) is 11.4. The lowest BCUT2D eigenvalue weighted by molar-refractivity contribution is -0.123. The maximum absolute atomic E-state index is 11.6. The van der Waals surface area contributed by atoms with Crippen molar-refractivity contribution < 1.29 is 9.90 Å². The molecule has 1 amide bonds. The Bertz CT molecular complexity index is 297. The van der Waals surface area contributed by atoms with Gasteiger partial charge in [-0.05, 0) is 25.7 Å². The Morgan fingerprint density at radius 1 is 1.44 bits per heavy atom. The number of piperidine rings is 1. The van der Waals surface area contributed by atoms with Crippen molar-refractivity contribution in [2.45, 2.75) is 43.9 Å². The van der Waals surface area contributed by atoms with Crippen LogP contribution in [0.5, 0.6) is 0 Å². The van der Waals surface area contributed by atoms with E-state index in [0.717, 1.165) is 25.7 Å². The first-order valence-electron chi connectivity index (χ1n) is 5.84. The molecule has 2 N–H and O–H groups in total. The molecule has 0 spiro atoms. The predicted octanol–water partition coefficient (Wildman–Crippen LogP) is -0.276. The molecule has 0 aromatic heterocycles. The van der Waals surface area contributed by atoms with E-state index in [4.69, 9.17) is 6.42 Å². The summed E-state index contributed by atoms with van der Waals surface area (Å²) in [6, 6.07) is 0.760. The first-order valence-corrected chi connectivity index (χ1v) is 5.84. The summed E-state index contributed by atoms with van der Waals surface area (Å²) >= 11 is 0. The molecule has 0 aliphatic carbocycles. The van der Waals surface area contributed by atoms with Crippen molar-refractivity contribution >= 4 is 5.91 Å². The number of fused-ring (bicyclic) bond motifs is 2. The molecule has 2 fully saturated rings. The minimum absolute atomic E-state index is 0.00811. The fourth-order valence-corrected chi connectivity index (χ4v) is 2.87. The van der Waals surface area contributed by atoms with E-state index in [1.54, 1.807) is 0 Å². The quantitative estimate of drug-likeness (QED) is 0.646. The minimum atomic E-state index is -0.178. The first-order chi connectivity index (χ1) is 7.70. The van der Waals surface area contributed by atoms with Gasteiger partial charge in [0.1, 0.15) is 0 Å². The smallest absolute Gasteiger partial charge is 0.234 e. The summed E-state index contributed by atoms with van der Waals surface area (Å²) in [4.78, 5) is 13.8. The number of nitrogens with one attached hydrogen (secondary N) is 1. The number of aliphatic hydroxyl groups is 1. The van der Waals surface area contributed by atoms with Gasteiger partial charge in [-0.2, -0.15) is 0 Å². The third-order valence-corrected chi connectivity index (χ3v) is 3.57. The third-order valence-electron chi connectivity index (χ3n) is 3.57. The van der Waals surface area contributed by atoms with Gasteiger partial charge in [-0.15, -0.1) is 6.42 Å². The molecule has 2 heterocycles. The van der Waals surface area contributed by atoms with Crippen LogP contribution >= 0.6 is 0 Å². The molecule has 4 nitrogen and oxygen atoms in total. The minimum Gasteiger partial charge on any atom is -0.393 e. The standard InChI is InChI=1S/C12H18N2O2/c1-2-5-13-12(16)8-14-9-3-4-10(14)7-11(15)6-9/h1,9-11,15H,3-8H2,(H,13,16). The lowest BCUT2D eigenvalue weighted by Crippen LogP contribution is -2.49. The zero-order valence-corrected chi connectivity index (χ0v) is 9.35. The Morgan fingerprint density at radius 2 is 2.06 bits per heavy atom. The van der Waals surface area contributed by atoms with Gasteiger partial charge >= 0.3 is 0 Å². The van der Waals surface area contributed by atoms with Crippen LogP contribution in [-0.4, -0.2) is 47.2 Å². The van der Waals surface area contributed by atoms with Gasteiger partial charge in [0.05, 0.1) is 19.2 Å². The van der Waals surface area contributed by atoms with Gasteiger partial charge in [-0.1, -0.05) is 5.92 Å². The highest BCUT2D eigenvalue weighted by Gasteiger charge is 2.40. The van der Waals surface area contributed by atoms with Crippen LogP contribution in [0.4, 0.5) is 0 Å². The normalized spacial score (nSPS) is 33.4. The van der Waals surface area contributed by atoms with Gasteiger partial charge in [0.25, 0.3) is 0 Å². The SMILES string of the molecule is C#CCNC(=O)CN1C2CCC1CC(O)C2. The summed E-state index contributed by atoms with van der Waals surface area (Å²) in [5.74, 6) is 2.38. The summed E-state index contributed by atoms with van der Waals surface area (Å²) < 4.78 is 0. The number of aliphatic hydroxyl groups excluding tert-OH is 1. The fourth-order valence-electron chi connectivity index (χ4n) is 2.87. The molecule has 16 heavy (non-hydrogen) atoms. The Labute approximate surface area is 96.0 Å². The van der Waals surface area contributed by atoms with E-state index in [2.05, 4.69) is 16.1 Å². The van der Waals surface area contributed by atoms with E-state index in [0.29, 0.717) is 25.2 Å². The Hall–Kier alpha value is -1.05. The van der Waals surface area contributed by atoms with E-state index in [1.807, 2.05) is 0 Å². The monoisotopic (exact) mass is 222 g/mol. The van der Waals surface area contributed by atoms with Crippen LogP contribution in [0.25, 0.3) is 0 Å². The Balaban J connectivity index is 1.87. The fraction of sp³-hybridized carbons (Fsp3) is 0.750. The second kappa shape index (κ2) is 4.86. The van der Waals surface area contributed by atoms with Crippen LogP contribution in [-0.2, 0) is 4.79 Å². The molecule has 2 aliphatic heterocycles. The lowest BCUT2D eigenvalue weighted by Gasteiger charge is -2.36.